The Labute approximate surface area is 88.3 Å². The van der Waals surface area contributed by atoms with Crippen LogP contribution in [0.5, 0.6) is 0 Å². The Kier molecular flexibility index (Phi) is 8.25. The van der Waals surface area contributed by atoms with Crippen molar-refractivity contribution in [2.45, 2.75) is 40.0 Å². The van der Waals surface area contributed by atoms with Gasteiger partial charge in [-0.25, -0.2) is 0 Å². The molecule has 0 heterocycles. The summed E-state index contributed by atoms with van der Waals surface area (Å²) in [5, 5.41) is 0. The summed E-state index contributed by atoms with van der Waals surface area (Å²) >= 11 is 0. The highest BCUT2D eigenvalue weighted by Gasteiger charge is 1.79. The van der Waals surface area contributed by atoms with Crippen molar-refractivity contribution in [2.24, 2.45) is 5.73 Å². The average Bonchev–Trinajstić information content (AvgIpc) is 2.20. The van der Waals surface area contributed by atoms with Gasteiger partial charge in [0.15, 0.2) is 0 Å². The maximum Gasteiger partial charge on any atom is -0.00773 e. The van der Waals surface area contributed by atoms with Crippen molar-refractivity contribution in [1.82, 2.24) is 0 Å². The number of unbranched alkanes of at least 4 members (excludes halogenated alkanes) is 2. The highest BCUT2D eigenvalue weighted by Crippen LogP contribution is 1.99. The molecule has 14 heavy (non-hydrogen) atoms. The Bertz CT molecular complexity index is 188. The van der Waals surface area contributed by atoms with E-state index < -0.39 is 0 Å². The van der Waals surface area contributed by atoms with E-state index in [1.54, 1.807) is 0 Å². The van der Waals surface area contributed by atoms with E-state index in [0.717, 1.165) is 6.54 Å². The van der Waals surface area contributed by atoms with E-state index in [9.17, 15) is 0 Å². The molecule has 0 aliphatic rings. The van der Waals surface area contributed by atoms with Gasteiger partial charge in [-0.15, -0.1) is 0 Å². The largest absolute Gasteiger partial charge is 0.330 e. The van der Waals surface area contributed by atoms with Gasteiger partial charge in [0.05, 0.1) is 0 Å². The fourth-order valence-electron chi connectivity index (χ4n) is 1.03. The fourth-order valence-corrected chi connectivity index (χ4v) is 1.03. The normalized spacial score (nSPS) is 9.14. The van der Waals surface area contributed by atoms with Crippen LogP contribution in [0.1, 0.15) is 37.3 Å². The first-order valence-electron chi connectivity index (χ1n) is 5.44. The predicted octanol–water partition coefficient (Wildman–Crippen LogP) is 3.44. The summed E-state index contributed by atoms with van der Waals surface area (Å²) in [5.41, 5.74) is 7.87. The summed E-state index contributed by atoms with van der Waals surface area (Å²) in [7, 11) is 0. The molecule has 1 nitrogen and oxygen atoms in total. The number of rotatable bonds is 3. The minimum Gasteiger partial charge on any atom is -0.330 e. The fraction of sp³-hybridized carbons (Fsp3) is 0.538. The predicted molar refractivity (Wildman–Crippen MR) is 64.5 cm³/mol. The van der Waals surface area contributed by atoms with Crippen molar-refractivity contribution >= 4 is 0 Å². The van der Waals surface area contributed by atoms with Gasteiger partial charge in [-0.2, -0.15) is 0 Å². The van der Waals surface area contributed by atoms with Gasteiger partial charge in [0.25, 0.3) is 0 Å². The molecule has 0 atom stereocenters. The van der Waals surface area contributed by atoms with Crippen LogP contribution >= 0.6 is 0 Å². The van der Waals surface area contributed by atoms with E-state index in [-0.39, 0.29) is 0 Å². The molecule has 0 aromatic heterocycles. The molecule has 1 aromatic carbocycles. The number of benzene rings is 1. The molecular weight excluding hydrogens is 170 g/mol. The van der Waals surface area contributed by atoms with Gasteiger partial charge in [0.2, 0.25) is 0 Å². The zero-order valence-corrected chi connectivity index (χ0v) is 9.72. The quantitative estimate of drug-likeness (QED) is 0.731. The van der Waals surface area contributed by atoms with Crippen molar-refractivity contribution in [3.8, 4) is 0 Å². The lowest BCUT2D eigenvalue weighted by molar-refractivity contribution is 0.727. The molecule has 0 saturated carbocycles. The Balaban J connectivity index is 0.000000255. The van der Waals surface area contributed by atoms with Crippen LogP contribution < -0.4 is 5.73 Å². The molecular formula is C13H23N. The lowest BCUT2D eigenvalue weighted by Gasteiger charge is -1.90. The van der Waals surface area contributed by atoms with E-state index in [1.165, 1.54) is 30.4 Å². The van der Waals surface area contributed by atoms with Crippen LogP contribution in [0.3, 0.4) is 0 Å². The van der Waals surface area contributed by atoms with Crippen LogP contribution in [0.4, 0.5) is 0 Å². The SMILES string of the molecule is CCCCCN.Cc1ccc(C)cc1. The lowest BCUT2D eigenvalue weighted by Crippen LogP contribution is -1.96. The van der Waals surface area contributed by atoms with Crippen molar-refractivity contribution < 1.29 is 0 Å². The molecule has 0 fully saturated rings. The molecule has 0 aliphatic carbocycles. The van der Waals surface area contributed by atoms with E-state index in [0.29, 0.717) is 0 Å². The summed E-state index contributed by atoms with van der Waals surface area (Å²) in [5.74, 6) is 0. The van der Waals surface area contributed by atoms with Crippen LogP contribution in [-0.4, -0.2) is 6.54 Å². The Hall–Kier alpha value is -0.820. The lowest BCUT2D eigenvalue weighted by atomic mass is 10.2. The van der Waals surface area contributed by atoms with Gasteiger partial charge < -0.3 is 5.73 Å². The van der Waals surface area contributed by atoms with E-state index in [4.69, 9.17) is 5.73 Å². The van der Waals surface area contributed by atoms with Crippen molar-refractivity contribution in [1.29, 1.82) is 0 Å². The maximum absolute atomic E-state index is 5.21. The van der Waals surface area contributed by atoms with Gasteiger partial charge >= 0.3 is 0 Å². The van der Waals surface area contributed by atoms with Gasteiger partial charge in [-0.3, -0.25) is 0 Å². The number of hydrogen-bond donors (Lipinski definition) is 1. The minimum absolute atomic E-state index is 0.855. The van der Waals surface area contributed by atoms with Gasteiger partial charge in [0, 0.05) is 0 Å². The van der Waals surface area contributed by atoms with Gasteiger partial charge in [-0.05, 0) is 26.8 Å². The molecule has 0 bridgehead atoms. The van der Waals surface area contributed by atoms with Crippen LogP contribution in [-0.2, 0) is 0 Å². The monoisotopic (exact) mass is 193 g/mol. The highest BCUT2D eigenvalue weighted by atomic mass is 14.5. The topological polar surface area (TPSA) is 26.0 Å². The molecule has 2 N–H and O–H groups in total. The summed E-state index contributed by atoms with van der Waals surface area (Å²) in [4.78, 5) is 0. The molecule has 0 saturated heterocycles. The first kappa shape index (κ1) is 13.2. The Morgan fingerprint density at radius 3 is 1.57 bits per heavy atom. The molecule has 1 aromatic rings. The van der Waals surface area contributed by atoms with Crippen molar-refractivity contribution in [3.63, 3.8) is 0 Å². The van der Waals surface area contributed by atoms with Gasteiger partial charge in [0.1, 0.15) is 0 Å². The first-order chi connectivity index (χ1) is 6.70. The summed E-state index contributed by atoms with van der Waals surface area (Å²) < 4.78 is 0. The number of aryl methyl sites for hydroxylation is 2. The molecule has 0 radical (unpaired) electrons. The molecule has 0 aliphatic heterocycles. The second-order valence-electron chi connectivity index (χ2n) is 3.65. The van der Waals surface area contributed by atoms with E-state index >= 15 is 0 Å². The Morgan fingerprint density at radius 1 is 0.929 bits per heavy atom. The number of hydrogen-bond acceptors (Lipinski definition) is 1. The second kappa shape index (κ2) is 8.76. The molecule has 0 spiro atoms. The molecule has 1 rings (SSSR count). The molecule has 80 valence electrons. The third-order valence-electron chi connectivity index (χ3n) is 2.03. The summed E-state index contributed by atoms with van der Waals surface area (Å²) in [6.45, 7) is 7.22. The van der Waals surface area contributed by atoms with Crippen LogP contribution in [0.15, 0.2) is 24.3 Å². The molecule has 0 unspecified atom stereocenters. The third kappa shape index (κ3) is 7.81. The van der Waals surface area contributed by atoms with Crippen LogP contribution in [0, 0.1) is 13.8 Å². The Morgan fingerprint density at radius 2 is 1.36 bits per heavy atom. The van der Waals surface area contributed by atoms with Crippen LogP contribution in [0.2, 0.25) is 0 Å². The molecule has 1 heteroatoms. The third-order valence-corrected chi connectivity index (χ3v) is 2.03. The smallest absolute Gasteiger partial charge is 0.00773 e. The average molecular weight is 193 g/mol. The second-order valence-corrected chi connectivity index (χ2v) is 3.65. The van der Waals surface area contributed by atoms with E-state index in [1.807, 2.05) is 0 Å². The van der Waals surface area contributed by atoms with Gasteiger partial charge in [-0.1, -0.05) is 55.2 Å². The summed E-state index contributed by atoms with van der Waals surface area (Å²) in [6, 6.07) is 8.48. The number of nitrogens with two attached hydrogens (primary N) is 1. The highest BCUT2D eigenvalue weighted by molar-refractivity contribution is 5.19. The van der Waals surface area contributed by atoms with E-state index in [2.05, 4.69) is 45.0 Å². The molecule has 0 amide bonds. The van der Waals surface area contributed by atoms with Crippen LogP contribution in [0.25, 0.3) is 0 Å². The first-order valence-corrected chi connectivity index (χ1v) is 5.44. The standard InChI is InChI=1S/C8H10.C5H13N/c1-7-3-5-8(2)6-4-7;1-2-3-4-5-6/h3-6H,1-2H3;2-6H2,1H3. The minimum atomic E-state index is 0.855. The van der Waals surface area contributed by atoms with Crippen molar-refractivity contribution in [3.05, 3.63) is 35.4 Å². The zero-order valence-electron chi connectivity index (χ0n) is 9.72. The zero-order chi connectivity index (χ0) is 10.8. The van der Waals surface area contributed by atoms with Crippen molar-refractivity contribution in [2.75, 3.05) is 6.54 Å². The summed E-state index contributed by atoms with van der Waals surface area (Å²) in [6.07, 6.45) is 3.75. The maximum atomic E-state index is 5.21.